The molecule has 3 N–H and O–H groups in total. The predicted molar refractivity (Wildman–Crippen MR) is 131 cm³/mol. The van der Waals surface area contributed by atoms with E-state index in [0.717, 1.165) is 57.8 Å². The van der Waals surface area contributed by atoms with Crippen LogP contribution in [0.15, 0.2) is 0 Å². The summed E-state index contributed by atoms with van der Waals surface area (Å²) in [5.41, 5.74) is 0. The molecule has 0 fully saturated rings. The van der Waals surface area contributed by atoms with Crippen LogP contribution in [0.3, 0.4) is 0 Å². The molecule has 3 atom stereocenters. The Hall–Kier alpha value is -0.610. The van der Waals surface area contributed by atoms with Gasteiger partial charge in [-0.1, -0.05) is 110 Å². The van der Waals surface area contributed by atoms with Crippen LogP contribution in [0, 0.1) is 5.92 Å². The third-order valence-corrected chi connectivity index (χ3v) is 6.65. The second-order valence-electron chi connectivity index (χ2n) is 9.64. The smallest absolute Gasteiger partial charge is 0.306 e. The second kappa shape index (κ2) is 22.6. The van der Waals surface area contributed by atoms with Crippen LogP contribution in [0.2, 0.25) is 0 Å². The van der Waals surface area contributed by atoms with Crippen molar-refractivity contribution in [3.63, 3.8) is 0 Å². The minimum atomic E-state index is -0.642. The summed E-state index contributed by atoms with van der Waals surface area (Å²) < 4.78 is 0. The monoisotopic (exact) mass is 442 g/mol. The summed E-state index contributed by atoms with van der Waals surface area (Å²) >= 11 is 0. The lowest BCUT2D eigenvalue weighted by molar-refractivity contribution is -0.142. The number of aliphatic hydroxyl groups excluding tert-OH is 2. The molecule has 186 valence electrons. The van der Waals surface area contributed by atoms with Crippen molar-refractivity contribution in [1.29, 1.82) is 0 Å². The molecule has 0 radical (unpaired) electrons. The van der Waals surface area contributed by atoms with E-state index >= 15 is 0 Å². The average Bonchev–Trinajstić information content (AvgIpc) is 2.76. The summed E-state index contributed by atoms with van der Waals surface area (Å²) in [6, 6.07) is 0. The molecule has 4 nitrogen and oxygen atoms in total. The Balaban J connectivity index is 3.58. The minimum absolute atomic E-state index is 0.201. The maximum absolute atomic E-state index is 11.5. The molecule has 0 saturated heterocycles. The molecule has 0 aliphatic heterocycles. The quantitative estimate of drug-likeness (QED) is 0.134. The van der Waals surface area contributed by atoms with E-state index < -0.39 is 5.97 Å². The van der Waals surface area contributed by atoms with Crippen LogP contribution in [0.1, 0.15) is 149 Å². The Morgan fingerprint density at radius 2 is 0.935 bits per heavy atom. The van der Waals surface area contributed by atoms with Crippen LogP contribution < -0.4 is 0 Å². The van der Waals surface area contributed by atoms with Crippen molar-refractivity contribution < 1.29 is 20.1 Å². The molecule has 0 heterocycles. The van der Waals surface area contributed by atoms with Crippen molar-refractivity contribution in [3.8, 4) is 0 Å². The van der Waals surface area contributed by atoms with Crippen LogP contribution in [0.25, 0.3) is 0 Å². The van der Waals surface area contributed by atoms with Crippen molar-refractivity contribution in [2.75, 3.05) is 0 Å². The number of aliphatic hydroxyl groups is 2. The van der Waals surface area contributed by atoms with E-state index in [0.29, 0.717) is 12.8 Å². The standard InChI is InChI=1S/C27H54O4/c1-3-5-6-7-8-9-10-11-12-13-14-16-19-24(27(30)31)20-17-15-18-21-26(29)23-22-25(28)4-2/h24-26,28-29H,3-23H2,1-2H3,(H,30,31). The fourth-order valence-corrected chi connectivity index (χ4v) is 4.30. The molecule has 0 aromatic carbocycles. The number of hydrogen-bond donors (Lipinski definition) is 3. The molecule has 0 amide bonds. The summed E-state index contributed by atoms with van der Waals surface area (Å²) in [6.45, 7) is 4.21. The van der Waals surface area contributed by atoms with Gasteiger partial charge in [-0.05, 0) is 38.5 Å². The van der Waals surface area contributed by atoms with E-state index in [9.17, 15) is 20.1 Å². The lowest BCUT2D eigenvalue weighted by Crippen LogP contribution is -2.14. The van der Waals surface area contributed by atoms with Gasteiger partial charge in [0.25, 0.3) is 0 Å². The third-order valence-electron chi connectivity index (χ3n) is 6.65. The summed E-state index contributed by atoms with van der Waals surface area (Å²) in [5, 5.41) is 29.0. The highest BCUT2D eigenvalue weighted by molar-refractivity contribution is 5.69. The van der Waals surface area contributed by atoms with Crippen LogP contribution in [-0.2, 0) is 4.79 Å². The van der Waals surface area contributed by atoms with Crippen molar-refractivity contribution >= 4 is 5.97 Å². The zero-order valence-corrected chi connectivity index (χ0v) is 20.8. The van der Waals surface area contributed by atoms with E-state index in [4.69, 9.17) is 0 Å². The number of hydrogen-bond acceptors (Lipinski definition) is 3. The number of rotatable bonds is 24. The maximum Gasteiger partial charge on any atom is 0.306 e. The number of carboxylic acid groups (broad SMARTS) is 1. The van der Waals surface area contributed by atoms with Crippen molar-refractivity contribution in [3.05, 3.63) is 0 Å². The fraction of sp³-hybridized carbons (Fsp3) is 0.963. The van der Waals surface area contributed by atoms with Gasteiger partial charge in [0.15, 0.2) is 0 Å². The zero-order chi connectivity index (χ0) is 23.2. The molecule has 0 spiro atoms. The van der Waals surface area contributed by atoms with Gasteiger partial charge in [0, 0.05) is 0 Å². The highest BCUT2D eigenvalue weighted by Gasteiger charge is 2.16. The van der Waals surface area contributed by atoms with Gasteiger partial charge in [0.2, 0.25) is 0 Å². The van der Waals surface area contributed by atoms with Crippen molar-refractivity contribution in [1.82, 2.24) is 0 Å². The molecule has 31 heavy (non-hydrogen) atoms. The lowest BCUT2D eigenvalue weighted by atomic mass is 9.94. The summed E-state index contributed by atoms with van der Waals surface area (Å²) in [6.07, 6.45) is 22.3. The van der Waals surface area contributed by atoms with Crippen LogP contribution >= 0.6 is 0 Å². The van der Waals surface area contributed by atoms with E-state index in [2.05, 4.69) is 6.92 Å². The van der Waals surface area contributed by atoms with Gasteiger partial charge in [-0.3, -0.25) is 4.79 Å². The van der Waals surface area contributed by atoms with Gasteiger partial charge in [0.05, 0.1) is 18.1 Å². The van der Waals surface area contributed by atoms with E-state index in [1.165, 1.54) is 64.2 Å². The van der Waals surface area contributed by atoms with Gasteiger partial charge in [-0.25, -0.2) is 0 Å². The SMILES string of the molecule is CCCCCCCCCCCCCCC(CCCCCC(O)CCC(O)CC)C(=O)O. The molecule has 0 saturated carbocycles. The lowest BCUT2D eigenvalue weighted by Gasteiger charge is -2.14. The highest BCUT2D eigenvalue weighted by atomic mass is 16.4. The molecule has 0 rings (SSSR count). The van der Waals surface area contributed by atoms with Crippen LogP contribution in [0.4, 0.5) is 0 Å². The Kier molecular flexibility index (Phi) is 22.1. The zero-order valence-electron chi connectivity index (χ0n) is 20.8. The Morgan fingerprint density at radius 3 is 1.39 bits per heavy atom. The molecule has 0 aliphatic carbocycles. The molecule has 3 unspecified atom stereocenters. The molecule has 0 bridgehead atoms. The number of carboxylic acids is 1. The summed E-state index contributed by atoms with van der Waals surface area (Å²) in [4.78, 5) is 11.5. The molecule has 0 aliphatic rings. The van der Waals surface area contributed by atoms with Crippen molar-refractivity contribution in [2.24, 2.45) is 5.92 Å². The Labute approximate surface area is 193 Å². The fourth-order valence-electron chi connectivity index (χ4n) is 4.30. The van der Waals surface area contributed by atoms with Gasteiger partial charge in [-0.2, -0.15) is 0 Å². The molecular formula is C27H54O4. The van der Waals surface area contributed by atoms with E-state index in [-0.39, 0.29) is 18.1 Å². The summed E-state index contributed by atoms with van der Waals surface area (Å²) in [7, 11) is 0. The summed E-state index contributed by atoms with van der Waals surface area (Å²) in [5.74, 6) is -0.843. The molecular weight excluding hydrogens is 388 g/mol. The van der Waals surface area contributed by atoms with E-state index in [1.807, 2.05) is 6.92 Å². The topological polar surface area (TPSA) is 77.8 Å². The molecule has 0 aromatic heterocycles. The largest absolute Gasteiger partial charge is 0.481 e. The molecule has 4 heteroatoms. The van der Waals surface area contributed by atoms with Gasteiger partial charge < -0.3 is 15.3 Å². The van der Waals surface area contributed by atoms with Crippen molar-refractivity contribution in [2.45, 2.75) is 161 Å². The minimum Gasteiger partial charge on any atom is -0.481 e. The normalized spacial score (nSPS) is 14.5. The molecule has 0 aromatic rings. The maximum atomic E-state index is 11.5. The Bertz CT molecular complexity index is 385. The first-order chi connectivity index (χ1) is 15.0. The van der Waals surface area contributed by atoms with Crippen LogP contribution in [-0.4, -0.2) is 33.5 Å². The first-order valence-electron chi connectivity index (χ1n) is 13.6. The van der Waals surface area contributed by atoms with Gasteiger partial charge in [-0.15, -0.1) is 0 Å². The number of carbonyl (C=O) groups is 1. The highest BCUT2D eigenvalue weighted by Crippen LogP contribution is 2.20. The van der Waals surface area contributed by atoms with Gasteiger partial charge in [0.1, 0.15) is 0 Å². The predicted octanol–water partition coefficient (Wildman–Crippen LogP) is 7.64. The number of aliphatic carboxylic acids is 1. The van der Waals surface area contributed by atoms with E-state index in [1.54, 1.807) is 0 Å². The van der Waals surface area contributed by atoms with Gasteiger partial charge >= 0.3 is 5.97 Å². The third kappa shape index (κ3) is 21.0. The van der Waals surface area contributed by atoms with Crippen LogP contribution in [0.5, 0.6) is 0 Å². The first kappa shape index (κ1) is 30.4. The average molecular weight is 443 g/mol. The Morgan fingerprint density at radius 1 is 0.548 bits per heavy atom. The second-order valence-corrected chi connectivity index (χ2v) is 9.64. The number of unbranched alkanes of at least 4 members (excludes halogenated alkanes) is 13. The first-order valence-corrected chi connectivity index (χ1v) is 13.6.